The van der Waals surface area contributed by atoms with E-state index in [4.69, 9.17) is 9.47 Å². The van der Waals surface area contributed by atoms with Crippen molar-refractivity contribution < 1.29 is 19.1 Å². The Morgan fingerprint density at radius 3 is 2.74 bits per heavy atom. The van der Waals surface area contributed by atoms with Crippen LogP contribution in [0.25, 0.3) is 5.57 Å². The normalized spacial score (nSPS) is 19.8. The maximum absolute atomic E-state index is 12.8. The molecule has 2 heterocycles. The first-order valence-corrected chi connectivity index (χ1v) is 9.14. The van der Waals surface area contributed by atoms with Crippen molar-refractivity contribution in [3.8, 4) is 11.5 Å². The minimum absolute atomic E-state index is 0.203. The quantitative estimate of drug-likeness (QED) is 0.852. The largest absolute Gasteiger partial charge is 0.496 e. The van der Waals surface area contributed by atoms with Gasteiger partial charge in [0.05, 0.1) is 13.7 Å². The van der Waals surface area contributed by atoms with Crippen LogP contribution in [0.4, 0.5) is 4.79 Å². The number of rotatable bonds is 3. The van der Waals surface area contributed by atoms with Crippen LogP contribution in [-0.2, 0) is 4.79 Å². The number of ether oxygens (including phenoxy) is 2. The molecule has 0 fully saturated rings. The molecule has 2 aliphatic heterocycles. The number of amides is 3. The van der Waals surface area contributed by atoms with E-state index in [1.165, 1.54) is 0 Å². The van der Waals surface area contributed by atoms with Gasteiger partial charge < -0.3 is 25.0 Å². The van der Waals surface area contributed by atoms with Gasteiger partial charge in [-0.3, -0.25) is 4.79 Å². The predicted molar refractivity (Wildman–Crippen MR) is 103 cm³/mol. The van der Waals surface area contributed by atoms with Crippen molar-refractivity contribution in [2.45, 2.75) is 26.8 Å². The number of hydrogen-bond acceptors (Lipinski definition) is 4. The molecule has 1 aromatic rings. The van der Waals surface area contributed by atoms with Crippen molar-refractivity contribution in [3.05, 3.63) is 29.3 Å². The molecule has 7 heteroatoms. The van der Waals surface area contributed by atoms with Gasteiger partial charge in [-0.05, 0) is 24.6 Å². The highest BCUT2D eigenvalue weighted by Gasteiger charge is 2.42. The molecule has 2 aliphatic rings. The summed E-state index contributed by atoms with van der Waals surface area (Å²) in [5.74, 6) is 1.01. The van der Waals surface area contributed by atoms with Gasteiger partial charge in [-0.25, -0.2) is 4.79 Å². The number of hydrogen-bond donors (Lipinski definition) is 2. The lowest BCUT2D eigenvalue weighted by molar-refractivity contribution is -0.125. The van der Waals surface area contributed by atoms with E-state index in [2.05, 4.69) is 30.6 Å². The van der Waals surface area contributed by atoms with Crippen molar-refractivity contribution >= 4 is 17.5 Å². The van der Waals surface area contributed by atoms with E-state index < -0.39 is 6.04 Å². The number of carbonyl (C=O) groups excluding carboxylic acids is 2. The van der Waals surface area contributed by atoms with E-state index in [1.54, 1.807) is 25.1 Å². The minimum atomic E-state index is -0.798. The van der Waals surface area contributed by atoms with Crippen molar-refractivity contribution in [1.82, 2.24) is 15.5 Å². The average molecular weight is 373 g/mol. The van der Waals surface area contributed by atoms with Gasteiger partial charge in [0.25, 0.3) is 0 Å². The third kappa shape index (κ3) is 3.34. The number of likely N-dealkylation sites (N-methyl/N-ethyl adjacent to an activating group) is 1. The summed E-state index contributed by atoms with van der Waals surface area (Å²) in [6.07, 6.45) is 2.13. The summed E-state index contributed by atoms with van der Waals surface area (Å²) < 4.78 is 11.6. The summed E-state index contributed by atoms with van der Waals surface area (Å²) in [4.78, 5) is 27.2. The first-order valence-electron chi connectivity index (χ1n) is 9.14. The summed E-state index contributed by atoms with van der Waals surface area (Å²) in [7, 11) is 3.13. The first-order chi connectivity index (χ1) is 12.8. The molecule has 0 spiro atoms. The number of carbonyl (C=O) groups is 2. The van der Waals surface area contributed by atoms with E-state index in [9.17, 15) is 9.59 Å². The number of benzene rings is 1. The lowest BCUT2D eigenvalue weighted by Crippen LogP contribution is -2.50. The van der Waals surface area contributed by atoms with Gasteiger partial charge in [-0.1, -0.05) is 19.9 Å². The molecule has 0 radical (unpaired) electrons. The van der Waals surface area contributed by atoms with Gasteiger partial charge in [-0.2, -0.15) is 0 Å². The Bertz CT molecular complexity index is 801. The first kappa shape index (κ1) is 19.1. The van der Waals surface area contributed by atoms with Crippen LogP contribution in [0, 0.1) is 5.41 Å². The molecule has 7 nitrogen and oxygen atoms in total. The fourth-order valence-corrected chi connectivity index (χ4v) is 3.74. The second-order valence-electron chi connectivity index (χ2n) is 7.48. The van der Waals surface area contributed by atoms with Crippen LogP contribution in [0.15, 0.2) is 18.2 Å². The molecule has 1 aromatic carbocycles. The Balaban J connectivity index is 2.28. The molecule has 2 N–H and O–H groups in total. The third-order valence-corrected chi connectivity index (χ3v) is 4.88. The van der Waals surface area contributed by atoms with E-state index in [-0.39, 0.29) is 17.4 Å². The topological polar surface area (TPSA) is 79.9 Å². The molecule has 27 heavy (non-hydrogen) atoms. The van der Waals surface area contributed by atoms with E-state index in [0.29, 0.717) is 36.8 Å². The van der Waals surface area contributed by atoms with Crippen LogP contribution >= 0.6 is 0 Å². The molecule has 3 amide bonds. The van der Waals surface area contributed by atoms with Crippen LogP contribution < -0.4 is 20.1 Å². The monoisotopic (exact) mass is 373 g/mol. The van der Waals surface area contributed by atoms with Crippen molar-refractivity contribution in [1.29, 1.82) is 0 Å². The summed E-state index contributed by atoms with van der Waals surface area (Å²) in [6.45, 7) is 7.35. The van der Waals surface area contributed by atoms with Gasteiger partial charge in [0.1, 0.15) is 17.5 Å². The molecular weight excluding hydrogens is 346 g/mol. The zero-order valence-corrected chi connectivity index (χ0v) is 16.5. The van der Waals surface area contributed by atoms with Gasteiger partial charge in [0.15, 0.2) is 0 Å². The van der Waals surface area contributed by atoms with Gasteiger partial charge in [0, 0.05) is 36.7 Å². The maximum Gasteiger partial charge on any atom is 0.318 e. The van der Waals surface area contributed by atoms with Gasteiger partial charge in [-0.15, -0.1) is 0 Å². The lowest BCUT2D eigenvalue weighted by Gasteiger charge is -2.38. The number of urea groups is 1. The third-order valence-electron chi connectivity index (χ3n) is 4.88. The number of methoxy groups -OCH3 is 1. The molecule has 0 saturated carbocycles. The summed E-state index contributed by atoms with van der Waals surface area (Å²) >= 11 is 0. The van der Waals surface area contributed by atoms with Crippen LogP contribution in [0.5, 0.6) is 11.5 Å². The average Bonchev–Trinajstić information content (AvgIpc) is 2.77. The second-order valence-corrected chi connectivity index (χ2v) is 7.48. The zero-order valence-electron chi connectivity index (χ0n) is 16.5. The zero-order chi connectivity index (χ0) is 19.8. The highest BCUT2D eigenvalue weighted by molar-refractivity contribution is 5.95. The standard InChI is InChI=1S/C20H27N3O4/c1-6-22-19(25)23-10-12-9-20(2,3)11-27-14-8-7-13(26-5)16(15(12)14)17(23)18(24)21-4/h7-9,17H,6,10-11H2,1-5H3,(H,21,24)(H,22,25). The van der Waals surface area contributed by atoms with Crippen LogP contribution in [0.2, 0.25) is 0 Å². The molecule has 0 aliphatic carbocycles. The van der Waals surface area contributed by atoms with Crippen molar-refractivity contribution in [3.63, 3.8) is 0 Å². The maximum atomic E-state index is 12.8. The van der Waals surface area contributed by atoms with Crippen molar-refractivity contribution in [2.24, 2.45) is 5.41 Å². The Kier molecular flexibility index (Phi) is 5.04. The Morgan fingerprint density at radius 1 is 1.37 bits per heavy atom. The molecule has 146 valence electrons. The molecule has 1 unspecified atom stereocenters. The van der Waals surface area contributed by atoms with Gasteiger partial charge in [0.2, 0.25) is 5.91 Å². The molecular formula is C20H27N3O4. The molecule has 0 bridgehead atoms. The van der Waals surface area contributed by atoms with Crippen LogP contribution in [-0.4, -0.2) is 50.7 Å². The predicted octanol–water partition coefficient (Wildman–Crippen LogP) is 2.33. The Labute approximate surface area is 159 Å². The summed E-state index contributed by atoms with van der Waals surface area (Å²) in [5.41, 5.74) is 2.28. The van der Waals surface area contributed by atoms with Gasteiger partial charge >= 0.3 is 6.03 Å². The minimum Gasteiger partial charge on any atom is -0.496 e. The van der Waals surface area contributed by atoms with E-state index >= 15 is 0 Å². The second kappa shape index (κ2) is 7.13. The van der Waals surface area contributed by atoms with Crippen LogP contribution in [0.3, 0.4) is 0 Å². The smallest absolute Gasteiger partial charge is 0.318 e. The van der Waals surface area contributed by atoms with Crippen molar-refractivity contribution in [2.75, 3.05) is 33.9 Å². The highest BCUT2D eigenvalue weighted by atomic mass is 16.5. The SMILES string of the molecule is CCNC(=O)N1CC2=CC(C)(C)COc3ccc(OC)c(c32)C1C(=O)NC. The van der Waals surface area contributed by atoms with E-state index in [0.717, 1.165) is 11.1 Å². The highest BCUT2D eigenvalue weighted by Crippen LogP contribution is 2.48. The van der Waals surface area contributed by atoms with E-state index in [1.807, 2.05) is 13.0 Å². The van der Waals surface area contributed by atoms with Crippen LogP contribution in [0.1, 0.15) is 37.9 Å². The Hall–Kier alpha value is -2.70. The number of nitrogens with zero attached hydrogens (tertiary/aromatic N) is 1. The molecule has 3 rings (SSSR count). The summed E-state index contributed by atoms with van der Waals surface area (Å²) in [5, 5.41) is 5.49. The fraction of sp³-hybridized carbons (Fsp3) is 0.500. The molecule has 1 atom stereocenters. The molecule has 0 saturated heterocycles. The molecule has 0 aromatic heterocycles. The summed E-state index contributed by atoms with van der Waals surface area (Å²) in [6, 6.07) is 2.58. The fourth-order valence-electron chi connectivity index (χ4n) is 3.74. The lowest BCUT2D eigenvalue weighted by atomic mass is 9.83. The Morgan fingerprint density at radius 2 is 2.11 bits per heavy atom. The number of nitrogens with one attached hydrogen (secondary N) is 2.